The van der Waals surface area contributed by atoms with E-state index in [4.69, 9.17) is 14.7 Å². The number of aromatic nitrogens is 2. The van der Waals surface area contributed by atoms with E-state index in [9.17, 15) is 0 Å². The third-order valence-corrected chi connectivity index (χ3v) is 5.60. The summed E-state index contributed by atoms with van der Waals surface area (Å²) in [7, 11) is 0. The summed E-state index contributed by atoms with van der Waals surface area (Å²) in [6, 6.07) is 11.4. The second kappa shape index (κ2) is 6.73. The summed E-state index contributed by atoms with van der Waals surface area (Å²) in [5.74, 6) is 0.863. The van der Waals surface area contributed by atoms with Crippen LogP contribution in [0.1, 0.15) is 28.6 Å². The number of morpholine rings is 1. The van der Waals surface area contributed by atoms with Crippen molar-refractivity contribution in [3.8, 4) is 0 Å². The van der Waals surface area contributed by atoms with E-state index < -0.39 is 0 Å². The van der Waals surface area contributed by atoms with Gasteiger partial charge in [-0.05, 0) is 31.9 Å². The number of piperazine rings is 1. The van der Waals surface area contributed by atoms with Crippen molar-refractivity contribution >= 4 is 5.95 Å². The largest absolute Gasteiger partial charge is 0.378 e. The average molecular weight is 338 g/mol. The average Bonchev–Trinajstić information content (AvgIpc) is 2.65. The lowest BCUT2D eigenvalue weighted by atomic mass is 10.0. The van der Waals surface area contributed by atoms with E-state index in [2.05, 4.69) is 60.9 Å². The summed E-state index contributed by atoms with van der Waals surface area (Å²) < 4.78 is 5.95. The topological polar surface area (TPSA) is 41.5 Å². The van der Waals surface area contributed by atoms with Crippen LogP contribution >= 0.6 is 0 Å². The molecular weight excluding hydrogens is 312 g/mol. The second-order valence-corrected chi connectivity index (χ2v) is 7.12. The highest BCUT2D eigenvalue weighted by molar-refractivity contribution is 5.37. The number of ether oxygens (including phenoxy) is 1. The number of nitrogens with zero attached hydrogens (tertiary/aromatic N) is 4. The Morgan fingerprint density at radius 3 is 2.40 bits per heavy atom. The predicted molar refractivity (Wildman–Crippen MR) is 99.0 cm³/mol. The molecule has 0 aliphatic carbocycles. The first-order valence-corrected chi connectivity index (χ1v) is 9.08. The van der Waals surface area contributed by atoms with E-state index in [1.165, 1.54) is 11.1 Å². The van der Waals surface area contributed by atoms with E-state index in [0.29, 0.717) is 12.1 Å². The molecule has 0 bridgehead atoms. The van der Waals surface area contributed by atoms with Crippen molar-refractivity contribution in [2.75, 3.05) is 37.7 Å². The quantitative estimate of drug-likeness (QED) is 0.842. The molecule has 0 unspecified atom stereocenters. The summed E-state index contributed by atoms with van der Waals surface area (Å²) in [6.07, 6.45) is 0. The van der Waals surface area contributed by atoms with E-state index in [-0.39, 0.29) is 0 Å². The van der Waals surface area contributed by atoms with Crippen LogP contribution in [-0.2, 0) is 4.74 Å². The molecule has 2 saturated heterocycles. The number of benzene rings is 1. The number of anilines is 1. The molecule has 0 N–H and O–H groups in total. The van der Waals surface area contributed by atoms with Gasteiger partial charge in [-0.25, -0.2) is 9.97 Å². The van der Waals surface area contributed by atoms with Crippen LogP contribution in [0.4, 0.5) is 5.95 Å². The predicted octanol–water partition coefficient (Wildman–Crippen LogP) is 2.66. The summed E-state index contributed by atoms with van der Waals surface area (Å²) in [5.41, 5.74) is 4.69. The van der Waals surface area contributed by atoms with Crippen LogP contribution < -0.4 is 4.90 Å². The number of hydrogen-bond acceptors (Lipinski definition) is 5. The third-order valence-electron chi connectivity index (χ3n) is 5.60. The second-order valence-electron chi connectivity index (χ2n) is 7.12. The minimum Gasteiger partial charge on any atom is -0.378 e. The fraction of sp³-hybridized carbons (Fsp3) is 0.500. The van der Waals surface area contributed by atoms with Gasteiger partial charge in [0.05, 0.1) is 25.3 Å². The molecule has 0 amide bonds. The van der Waals surface area contributed by atoms with Gasteiger partial charge in [-0.3, -0.25) is 4.90 Å². The molecule has 2 aromatic rings. The Balaban J connectivity index is 1.54. The van der Waals surface area contributed by atoms with Gasteiger partial charge >= 0.3 is 0 Å². The van der Waals surface area contributed by atoms with Gasteiger partial charge in [0.1, 0.15) is 0 Å². The molecular formula is C20H26N4O. The van der Waals surface area contributed by atoms with Gasteiger partial charge in [-0.1, -0.05) is 30.3 Å². The van der Waals surface area contributed by atoms with E-state index in [1.54, 1.807) is 0 Å². The van der Waals surface area contributed by atoms with Crippen molar-refractivity contribution in [3.05, 3.63) is 52.8 Å². The highest BCUT2D eigenvalue weighted by Crippen LogP contribution is 2.30. The summed E-state index contributed by atoms with van der Waals surface area (Å²) in [5, 5.41) is 0. The van der Waals surface area contributed by atoms with Crippen LogP contribution in [0.2, 0.25) is 0 Å². The number of rotatable bonds is 2. The molecule has 2 atom stereocenters. The normalized spacial score (nSPS) is 24.2. The van der Waals surface area contributed by atoms with Crippen LogP contribution in [0.3, 0.4) is 0 Å². The third kappa shape index (κ3) is 3.14. The maximum Gasteiger partial charge on any atom is 0.225 e. The molecule has 3 heterocycles. The molecule has 25 heavy (non-hydrogen) atoms. The molecule has 1 aromatic heterocycles. The lowest BCUT2D eigenvalue weighted by Gasteiger charge is -2.48. The minimum atomic E-state index is 0.351. The molecule has 0 saturated carbocycles. The number of fused-ring (bicyclic) bond motifs is 1. The van der Waals surface area contributed by atoms with E-state index in [0.717, 1.165) is 50.2 Å². The number of aryl methyl sites for hydroxylation is 2. The van der Waals surface area contributed by atoms with Gasteiger partial charge in [0.2, 0.25) is 5.95 Å². The highest BCUT2D eigenvalue weighted by atomic mass is 16.5. The van der Waals surface area contributed by atoms with Crippen LogP contribution in [0.25, 0.3) is 0 Å². The zero-order valence-electron chi connectivity index (χ0n) is 15.3. The van der Waals surface area contributed by atoms with Crippen molar-refractivity contribution in [2.24, 2.45) is 0 Å². The van der Waals surface area contributed by atoms with Gasteiger partial charge in [0, 0.05) is 31.0 Å². The molecule has 5 heteroatoms. The molecule has 2 fully saturated rings. The van der Waals surface area contributed by atoms with Crippen LogP contribution in [0, 0.1) is 20.8 Å². The van der Waals surface area contributed by atoms with Gasteiger partial charge in [0.25, 0.3) is 0 Å². The zero-order valence-corrected chi connectivity index (χ0v) is 15.3. The Kier molecular flexibility index (Phi) is 4.44. The Morgan fingerprint density at radius 2 is 1.68 bits per heavy atom. The Hall–Kier alpha value is -1.98. The number of hydrogen-bond donors (Lipinski definition) is 0. The molecule has 4 rings (SSSR count). The standard InChI is InChI=1S/C20H26N4O/c1-14-15(2)21-20(22-16(14)3)23-9-10-24-18(11-23)12-25-13-19(24)17-7-5-4-6-8-17/h4-8,18-19H,9-13H2,1-3H3/t18-,19-/m1/s1. The molecule has 5 nitrogen and oxygen atoms in total. The highest BCUT2D eigenvalue weighted by Gasteiger charge is 2.37. The fourth-order valence-electron chi connectivity index (χ4n) is 3.88. The maximum atomic E-state index is 5.95. The van der Waals surface area contributed by atoms with Gasteiger partial charge in [-0.2, -0.15) is 0 Å². The van der Waals surface area contributed by atoms with Crippen LogP contribution in [-0.4, -0.2) is 53.8 Å². The summed E-state index contributed by atoms with van der Waals surface area (Å²) in [6.45, 7) is 10.7. The molecule has 1 aromatic carbocycles. The molecule has 0 spiro atoms. The molecule has 132 valence electrons. The smallest absolute Gasteiger partial charge is 0.225 e. The first-order valence-electron chi connectivity index (χ1n) is 9.08. The minimum absolute atomic E-state index is 0.351. The fourth-order valence-corrected chi connectivity index (χ4v) is 3.88. The van der Waals surface area contributed by atoms with E-state index in [1.807, 2.05) is 0 Å². The summed E-state index contributed by atoms with van der Waals surface area (Å²) >= 11 is 0. The van der Waals surface area contributed by atoms with Gasteiger partial charge in [-0.15, -0.1) is 0 Å². The van der Waals surface area contributed by atoms with Crippen molar-refractivity contribution < 1.29 is 4.74 Å². The van der Waals surface area contributed by atoms with Gasteiger partial charge in [0.15, 0.2) is 0 Å². The Labute approximate surface area is 149 Å². The van der Waals surface area contributed by atoms with Crippen molar-refractivity contribution in [1.29, 1.82) is 0 Å². The molecule has 0 radical (unpaired) electrons. The Morgan fingerprint density at radius 1 is 0.960 bits per heavy atom. The first kappa shape index (κ1) is 16.5. The maximum absolute atomic E-state index is 5.95. The van der Waals surface area contributed by atoms with Crippen LogP contribution in [0.15, 0.2) is 30.3 Å². The molecule has 2 aliphatic heterocycles. The zero-order chi connectivity index (χ0) is 17.4. The SMILES string of the molecule is Cc1nc(N2CCN3[C@@H](COC[C@@H]3c3ccccc3)C2)nc(C)c1C. The van der Waals surface area contributed by atoms with Gasteiger partial charge < -0.3 is 9.64 Å². The van der Waals surface area contributed by atoms with Crippen molar-refractivity contribution in [3.63, 3.8) is 0 Å². The van der Waals surface area contributed by atoms with Crippen molar-refractivity contribution in [2.45, 2.75) is 32.9 Å². The Bertz CT molecular complexity index is 726. The summed E-state index contributed by atoms with van der Waals surface area (Å²) in [4.78, 5) is 14.4. The lowest BCUT2D eigenvalue weighted by Crippen LogP contribution is -2.59. The molecule has 2 aliphatic rings. The van der Waals surface area contributed by atoms with Crippen LogP contribution in [0.5, 0.6) is 0 Å². The van der Waals surface area contributed by atoms with Crippen molar-refractivity contribution in [1.82, 2.24) is 14.9 Å². The monoisotopic (exact) mass is 338 g/mol. The lowest BCUT2D eigenvalue weighted by molar-refractivity contribution is -0.0549. The first-order chi connectivity index (χ1) is 12.1. The van der Waals surface area contributed by atoms with E-state index >= 15 is 0 Å².